The lowest BCUT2D eigenvalue weighted by molar-refractivity contribution is 0.100. The highest BCUT2D eigenvalue weighted by Gasteiger charge is 2.29. The quantitative estimate of drug-likeness (QED) is 0.388. The summed E-state index contributed by atoms with van der Waals surface area (Å²) in [6, 6.07) is 6.57. The monoisotopic (exact) mass is 453 g/mol. The molecule has 0 unspecified atom stereocenters. The fraction of sp³-hybridized carbons (Fsp3) is 0.458. The Morgan fingerprint density at radius 3 is 2.58 bits per heavy atom. The zero-order chi connectivity index (χ0) is 23.9. The molecule has 0 bridgehead atoms. The second kappa shape index (κ2) is 8.97. The zero-order valence-corrected chi connectivity index (χ0v) is 19.5. The minimum Gasteiger partial charge on any atom is -0.365 e. The molecule has 0 spiro atoms. The molecule has 0 radical (unpaired) electrons. The number of carbonyl (C=O) groups is 1. The average molecular weight is 454 g/mol. The van der Waals surface area contributed by atoms with Crippen molar-refractivity contribution in [3.63, 3.8) is 0 Å². The number of benzene rings is 1. The Bertz CT molecular complexity index is 1180. The van der Waals surface area contributed by atoms with Crippen molar-refractivity contribution in [1.29, 1.82) is 0 Å². The summed E-state index contributed by atoms with van der Waals surface area (Å²) in [5, 5.41) is 12.0. The predicted octanol–water partition coefficient (Wildman–Crippen LogP) is 4.00. The number of primary amides is 1. The Kier molecular flexibility index (Phi) is 6.25. The van der Waals surface area contributed by atoms with Crippen molar-refractivity contribution in [3.8, 4) is 0 Å². The van der Waals surface area contributed by atoms with Crippen LogP contribution in [0.4, 0.5) is 21.7 Å². The number of fused-ring (bicyclic) bond motifs is 1. The van der Waals surface area contributed by atoms with Crippen LogP contribution in [0.1, 0.15) is 62.0 Å². The van der Waals surface area contributed by atoms with Gasteiger partial charge in [-0.05, 0) is 56.4 Å². The molecule has 9 heteroatoms. The number of hydrogen-bond acceptors (Lipinski definition) is 6. The lowest BCUT2D eigenvalue weighted by Crippen LogP contribution is -2.39. The van der Waals surface area contributed by atoms with Gasteiger partial charge in [-0.15, -0.1) is 0 Å². The summed E-state index contributed by atoms with van der Waals surface area (Å²) in [5.41, 5.74) is 14.4. The van der Waals surface area contributed by atoms with E-state index in [1.54, 1.807) is 0 Å². The van der Waals surface area contributed by atoms with Gasteiger partial charge in [0.05, 0.1) is 16.8 Å². The maximum atomic E-state index is 14.8. The Balaban J connectivity index is 1.69. The first-order chi connectivity index (χ1) is 15.6. The summed E-state index contributed by atoms with van der Waals surface area (Å²) in [6.07, 6.45) is 3.03. The predicted molar refractivity (Wildman–Crippen MR) is 129 cm³/mol. The van der Waals surface area contributed by atoms with Crippen LogP contribution in [0.25, 0.3) is 10.9 Å². The van der Waals surface area contributed by atoms with Crippen LogP contribution in [-0.2, 0) is 7.05 Å². The number of hydrogen-bond donors (Lipinski definition) is 4. The molecule has 6 N–H and O–H groups in total. The first kappa shape index (κ1) is 23.0. The van der Waals surface area contributed by atoms with Crippen molar-refractivity contribution in [2.45, 2.75) is 58.0 Å². The number of rotatable bonds is 9. The Morgan fingerprint density at radius 1 is 1.24 bits per heavy atom. The molecule has 2 aromatic heterocycles. The number of pyridine rings is 1. The van der Waals surface area contributed by atoms with Gasteiger partial charge in [-0.3, -0.25) is 9.48 Å². The van der Waals surface area contributed by atoms with Gasteiger partial charge in [0, 0.05) is 36.1 Å². The normalized spacial score (nSPS) is 15.6. The van der Waals surface area contributed by atoms with Gasteiger partial charge in [-0.25, -0.2) is 9.37 Å². The van der Waals surface area contributed by atoms with Gasteiger partial charge >= 0.3 is 0 Å². The number of halogens is 1. The largest absolute Gasteiger partial charge is 0.365 e. The van der Waals surface area contributed by atoms with Crippen LogP contribution in [0.2, 0.25) is 0 Å². The molecule has 1 amide bonds. The highest BCUT2D eigenvalue weighted by atomic mass is 19.1. The molecule has 1 aromatic carbocycles. The Labute approximate surface area is 192 Å². The van der Waals surface area contributed by atoms with Crippen molar-refractivity contribution in [3.05, 3.63) is 41.3 Å². The first-order valence-electron chi connectivity index (χ1n) is 11.4. The second-order valence-corrected chi connectivity index (χ2v) is 9.46. The van der Waals surface area contributed by atoms with Crippen LogP contribution in [0, 0.1) is 11.7 Å². The molecule has 1 fully saturated rings. The standard InChI is InChI=1S/C24H32FN7O/c1-12(2)9-19(13(3)26)29-24-18(25)11-17(22(27)33)23(30-24)28-15-7-8-20-16(10-15)21(14-5-6-14)31-32(20)4/h7-8,10-14,19H,5-6,9,26H2,1-4H3,(H2,27,33)(H2,28,29,30)/t13-,19+/m0/s1. The van der Waals surface area contributed by atoms with Gasteiger partial charge in [-0.1, -0.05) is 13.8 Å². The van der Waals surface area contributed by atoms with Crippen molar-refractivity contribution >= 4 is 34.1 Å². The summed E-state index contributed by atoms with van der Waals surface area (Å²) in [5.74, 6) is -0.334. The number of anilines is 3. The molecule has 1 saturated carbocycles. The van der Waals surface area contributed by atoms with Crippen molar-refractivity contribution < 1.29 is 9.18 Å². The molecule has 3 aromatic rings. The highest BCUT2D eigenvalue weighted by Crippen LogP contribution is 2.43. The maximum absolute atomic E-state index is 14.8. The molecule has 2 atom stereocenters. The van der Waals surface area contributed by atoms with Crippen LogP contribution >= 0.6 is 0 Å². The zero-order valence-electron chi connectivity index (χ0n) is 19.5. The highest BCUT2D eigenvalue weighted by molar-refractivity contribution is 5.99. The summed E-state index contributed by atoms with van der Waals surface area (Å²) in [6.45, 7) is 6.03. The molecule has 4 rings (SSSR count). The molecule has 0 aliphatic heterocycles. The third-order valence-electron chi connectivity index (χ3n) is 6.03. The van der Waals surface area contributed by atoms with E-state index >= 15 is 0 Å². The third kappa shape index (κ3) is 4.93. The molecule has 0 saturated heterocycles. The summed E-state index contributed by atoms with van der Waals surface area (Å²) >= 11 is 0. The SMILES string of the molecule is CC(C)C[C@@H](Nc1nc(Nc2ccc3c(c2)c(C2CC2)nn3C)c(C(N)=O)cc1F)[C@H](C)N. The fourth-order valence-electron chi connectivity index (χ4n) is 4.13. The van der Waals surface area contributed by atoms with Gasteiger partial charge in [0.2, 0.25) is 0 Å². The second-order valence-electron chi connectivity index (χ2n) is 9.46. The van der Waals surface area contributed by atoms with Crippen LogP contribution in [0.15, 0.2) is 24.3 Å². The fourth-order valence-corrected chi connectivity index (χ4v) is 4.13. The smallest absolute Gasteiger partial charge is 0.252 e. The number of aromatic nitrogens is 3. The van der Waals surface area contributed by atoms with E-state index in [1.807, 2.05) is 36.9 Å². The maximum Gasteiger partial charge on any atom is 0.252 e. The van der Waals surface area contributed by atoms with Crippen LogP contribution in [0.5, 0.6) is 0 Å². The van der Waals surface area contributed by atoms with Gasteiger partial charge < -0.3 is 22.1 Å². The minimum atomic E-state index is -0.762. The lowest BCUT2D eigenvalue weighted by Gasteiger charge is -2.25. The topological polar surface area (TPSA) is 124 Å². The van der Waals surface area contributed by atoms with E-state index in [2.05, 4.69) is 34.6 Å². The van der Waals surface area contributed by atoms with Gasteiger partial charge in [0.25, 0.3) is 5.91 Å². The Hall–Kier alpha value is -3.20. The number of amides is 1. The van der Waals surface area contributed by atoms with E-state index in [0.29, 0.717) is 11.8 Å². The van der Waals surface area contributed by atoms with E-state index in [4.69, 9.17) is 11.5 Å². The number of nitrogens with two attached hydrogens (primary N) is 2. The van der Waals surface area contributed by atoms with Crippen molar-refractivity contribution in [1.82, 2.24) is 14.8 Å². The third-order valence-corrected chi connectivity index (χ3v) is 6.03. The number of carbonyl (C=O) groups excluding carboxylic acids is 1. The van der Waals surface area contributed by atoms with Crippen molar-refractivity contribution in [2.75, 3.05) is 10.6 Å². The molecule has 33 heavy (non-hydrogen) atoms. The number of nitrogens with zero attached hydrogens (tertiary/aromatic N) is 3. The average Bonchev–Trinajstić information content (AvgIpc) is 3.53. The molecule has 176 valence electrons. The van der Waals surface area contributed by atoms with Gasteiger partial charge in [0.1, 0.15) is 5.82 Å². The molecular formula is C24H32FN7O. The van der Waals surface area contributed by atoms with E-state index in [9.17, 15) is 9.18 Å². The number of aryl methyl sites for hydroxylation is 1. The van der Waals surface area contributed by atoms with Crippen LogP contribution in [0.3, 0.4) is 0 Å². The lowest BCUT2D eigenvalue weighted by atomic mass is 9.99. The first-order valence-corrected chi connectivity index (χ1v) is 11.4. The molecule has 8 nitrogen and oxygen atoms in total. The Morgan fingerprint density at radius 2 is 1.97 bits per heavy atom. The van der Waals surface area contributed by atoms with Crippen molar-refractivity contribution in [2.24, 2.45) is 24.4 Å². The molecule has 1 aliphatic rings. The minimum absolute atomic E-state index is 0.0204. The van der Waals surface area contributed by atoms with Gasteiger partial charge in [-0.2, -0.15) is 5.10 Å². The molecule has 1 aliphatic carbocycles. The summed E-state index contributed by atoms with van der Waals surface area (Å²) in [4.78, 5) is 16.4. The summed E-state index contributed by atoms with van der Waals surface area (Å²) < 4.78 is 16.7. The molecule has 2 heterocycles. The van der Waals surface area contributed by atoms with E-state index in [-0.39, 0.29) is 29.3 Å². The van der Waals surface area contributed by atoms with Crippen LogP contribution < -0.4 is 22.1 Å². The summed E-state index contributed by atoms with van der Waals surface area (Å²) in [7, 11) is 1.93. The molecular weight excluding hydrogens is 421 g/mol. The van der Waals surface area contributed by atoms with Gasteiger partial charge in [0.15, 0.2) is 11.6 Å². The van der Waals surface area contributed by atoms with E-state index < -0.39 is 11.7 Å². The number of nitrogens with one attached hydrogen (secondary N) is 2. The van der Waals surface area contributed by atoms with E-state index in [0.717, 1.165) is 47.6 Å². The van der Waals surface area contributed by atoms with E-state index in [1.165, 1.54) is 0 Å². The van der Waals surface area contributed by atoms with Crippen LogP contribution in [-0.4, -0.2) is 32.8 Å².